The lowest BCUT2D eigenvalue weighted by Crippen LogP contribution is -2.40. The van der Waals surface area contributed by atoms with Crippen molar-refractivity contribution in [1.29, 1.82) is 0 Å². The fourth-order valence-electron chi connectivity index (χ4n) is 3.07. The lowest BCUT2D eigenvalue weighted by molar-refractivity contribution is -0.136. The Morgan fingerprint density at radius 1 is 1.22 bits per heavy atom. The zero-order valence-corrected chi connectivity index (χ0v) is 12.2. The van der Waals surface area contributed by atoms with E-state index in [2.05, 4.69) is 4.98 Å². The van der Waals surface area contributed by atoms with E-state index in [4.69, 9.17) is 0 Å². The van der Waals surface area contributed by atoms with E-state index in [9.17, 15) is 22.8 Å². The van der Waals surface area contributed by atoms with Crippen LogP contribution in [0.4, 0.5) is 18.9 Å². The fraction of sp³-hybridized carbons (Fsp3) is 0.375. The van der Waals surface area contributed by atoms with Crippen molar-refractivity contribution in [3.05, 3.63) is 40.2 Å². The minimum absolute atomic E-state index is 0.0650. The van der Waals surface area contributed by atoms with Gasteiger partial charge in [-0.05, 0) is 37.5 Å². The molecule has 1 aliphatic heterocycles. The number of nitrogens with zero attached hydrogens (tertiary/aromatic N) is 1. The second kappa shape index (κ2) is 5.72. The highest BCUT2D eigenvalue weighted by molar-refractivity contribution is 5.86. The molecule has 1 aromatic heterocycles. The second-order valence-corrected chi connectivity index (χ2v) is 5.67. The monoisotopic (exact) mass is 324 g/mol. The number of carbonyl (C=O) groups is 1. The lowest BCUT2D eigenvalue weighted by atomic mass is 10.0. The number of aromatic nitrogens is 1. The third-order valence-electron chi connectivity index (χ3n) is 4.17. The summed E-state index contributed by atoms with van der Waals surface area (Å²) in [6.07, 6.45) is -1.27. The molecule has 2 heterocycles. The molecule has 7 heteroatoms. The van der Waals surface area contributed by atoms with E-state index in [0.29, 0.717) is 24.7 Å². The quantitative estimate of drug-likeness (QED) is 0.864. The van der Waals surface area contributed by atoms with Gasteiger partial charge in [0.1, 0.15) is 6.29 Å². The molecular formula is C16H15F3N2O2. The van der Waals surface area contributed by atoms with Gasteiger partial charge >= 0.3 is 6.18 Å². The summed E-state index contributed by atoms with van der Waals surface area (Å²) in [5.41, 5.74) is -1.06. The summed E-state index contributed by atoms with van der Waals surface area (Å²) in [5.74, 6) is 0. The molecule has 1 saturated heterocycles. The molecule has 0 saturated carbocycles. The van der Waals surface area contributed by atoms with Gasteiger partial charge in [0.25, 0.3) is 0 Å². The first kappa shape index (κ1) is 15.6. The Bertz CT molecular complexity index is 798. The summed E-state index contributed by atoms with van der Waals surface area (Å²) < 4.78 is 39.6. The Labute approximate surface area is 129 Å². The van der Waals surface area contributed by atoms with Crippen molar-refractivity contribution in [3.8, 4) is 0 Å². The van der Waals surface area contributed by atoms with Crippen molar-refractivity contribution in [3.63, 3.8) is 0 Å². The van der Waals surface area contributed by atoms with E-state index in [1.54, 1.807) is 6.07 Å². The summed E-state index contributed by atoms with van der Waals surface area (Å²) in [5, 5.41) is -0.0650. The Morgan fingerprint density at radius 2 is 2.00 bits per heavy atom. The number of anilines is 1. The van der Waals surface area contributed by atoms with Gasteiger partial charge in [-0.25, -0.2) is 0 Å². The highest BCUT2D eigenvalue weighted by atomic mass is 19.4. The predicted octanol–water partition coefficient (Wildman–Crippen LogP) is 3.10. The van der Waals surface area contributed by atoms with Crippen LogP contribution in [-0.4, -0.2) is 23.9 Å². The third kappa shape index (κ3) is 2.95. The largest absolute Gasteiger partial charge is 0.417 e. The smallest absolute Gasteiger partial charge is 0.362 e. The molecule has 2 aromatic rings. The van der Waals surface area contributed by atoms with Gasteiger partial charge < -0.3 is 14.7 Å². The first-order valence-corrected chi connectivity index (χ1v) is 7.36. The molecule has 1 aliphatic rings. The Balaban J connectivity index is 2.16. The molecule has 1 fully saturated rings. The Kier molecular flexibility index (Phi) is 3.87. The molecule has 0 amide bonds. The van der Waals surface area contributed by atoms with Crippen LogP contribution in [0.25, 0.3) is 10.9 Å². The topological polar surface area (TPSA) is 53.2 Å². The van der Waals surface area contributed by atoms with Crippen molar-refractivity contribution < 1.29 is 18.0 Å². The van der Waals surface area contributed by atoms with E-state index >= 15 is 0 Å². The molecule has 4 nitrogen and oxygen atoms in total. The minimum atomic E-state index is -4.61. The molecule has 1 N–H and O–H groups in total. The molecule has 0 spiro atoms. The van der Waals surface area contributed by atoms with Gasteiger partial charge in [0.05, 0.1) is 11.6 Å². The molecule has 1 atom stereocenters. The van der Waals surface area contributed by atoms with Crippen molar-refractivity contribution in [2.75, 3.05) is 11.4 Å². The van der Waals surface area contributed by atoms with Gasteiger partial charge in [0, 0.05) is 29.2 Å². The first-order valence-electron chi connectivity index (χ1n) is 7.36. The van der Waals surface area contributed by atoms with E-state index in [0.717, 1.165) is 19.1 Å². The highest BCUT2D eigenvalue weighted by Crippen LogP contribution is 2.35. The number of halogens is 3. The zero-order chi connectivity index (χ0) is 16.6. The fourth-order valence-corrected chi connectivity index (χ4v) is 3.07. The molecule has 0 bridgehead atoms. The number of benzene rings is 1. The number of fused-ring (bicyclic) bond motifs is 1. The number of pyridine rings is 1. The molecule has 1 aromatic carbocycles. The van der Waals surface area contributed by atoms with Gasteiger partial charge in [-0.2, -0.15) is 13.2 Å². The molecule has 0 aliphatic carbocycles. The van der Waals surface area contributed by atoms with Crippen LogP contribution in [0.3, 0.4) is 0 Å². The maximum Gasteiger partial charge on any atom is 0.417 e. The minimum Gasteiger partial charge on any atom is -0.362 e. The van der Waals surface area contributed by atoms with Crippen molar-refractivity contribution in [2.24, 2.45) is 0 Å². The van der Waals surface area contributed by atoms with Gasteiger partial charge in [-0.15, -0.1) is 0 Å². The predicted molar refractivity (Wildman–Crippen MR) is 80.6 cm³/mol. The third-order valence-corrected chi connectivity index (χ3v) is 4.17. The molecule has 0 radical (unpaired) electrons. The number of hydrogen-bond donors (Lipinski definition) is 1. The standard InChI is InChI=1S/C16H15F3N2O2/c17-16(18,19)13-8-15(23)20-14-5-4-10(7-12(13)14)21-6-2-1-3-11(21)9-22/h4-5,7-9,11H,1-3,6H2,(H,20,23). The number of alkyl halides is 3. The van der Waals surface area contributed by atoms with Crippen molar-refractivity contribution >= 4 is 22.9 Å². The van der Waals surface area contributed by atoms with Gasteiger partial charge in [0.2, 0.25) is 5.56 Å². The van der Waals surface area contributed by atoms with E-state index in [1.807, 2.05) is 4.90 Å². The SMILES string of the molecule is O=CC1CCCCN1c1ccc2[nH]c(=O)cc(C(F)(F)F)c2c1. The maximum absolute atomic E-state index is 13.2. The number of carbonyl (C=O) groups excluding carboxylic acids is 1. The van der Waals surface area contributed by atoms with Crippen LogP contribution < -0.4 is 10.5 Å². The average Bonchev–Trinajstić information content (AvgIpc) is 2.52. The zero-order valence-electron chi connectivity index (χ0n) is 12.2. The number of hydrogen-bond acceptors (Lipinski definition) is 3. The summed E-state index contributed by atoms with van der Waals surface area (Å²) in [6, 6.07) is 4.74. The number of rotatable bonds is 2. The molecule has 1 unspecified atom stereocenters. The molecule has 23 heavy (non-hydrogen) atoms. The van der Waals surface area contributed by atoms with Crippen molar-refractivity contribution in [2.45, 2.75) is 31.5 Å². The number of nitrogens with one attached hydrogen (secondary N) is 1. The Morgan fingerprint density at radius 3 is 2.70 bits per heavy atom. The van der Waals surface area contributed by atoms with Crippen LogP contribution >= 0.6 is 0 Å². The van der Waals surface area contributed by atoms with Crippen LogP contribution in [0.2, 0.25) is 0 Å². The van der Waals surface area contributed by atoms with E-state index < -0.39 is 17.3 Å². The van der Waals surface area contributed by atoms with Gasteiger partial charge in [-0.3, -0.25) is 4.79 Å². The van der Waals surface area contributed by atoms with E-state index in [-0.39, 0.29) is 16.9 Å². The summed E-state index contributed by atoms with van der Waals surface area (Å²) in [6.45, 7) is 0.625. The van der Waals surface area contributed by atoms with E-state index in [1.165, 1.54) is 12.1 Å². The van der Waals surface area contributed by atoms with Gasteiger partial charge in [-0.1, -0.05) is 0 Å². The lowest BCUT2D eigenvalue weighted by Gasteiger charge is -2.34. The maximum atomic E-state index is 13.2. The second-order valence-electron chi connectivity index (χ2n) is 5.67. The number of aromatic amines is 1. The van der Waals surface area contributed by atoms with Crippen LogP contribution in [0, 0.1) is 0 Å². The van der Waals surface area contributed by atoms with Crippen LogP contribution in [0.5, 0.6) is 0 Å². The van der Waals surface area contributed by atoms with Gasteiger partial charge in [0.15, 0.2) is 0 Å². The van der Waals surface area contributed by atoms with Crippen molar-refractivity contribution in [1.82, 2.24) is 4.98 Å². The van der Waals surface area contributed by atoms with Crippen LogP contribution in [0.1, 0.15) is 24.8 Å². The van der Waals surface area contributed by atoms with Crippen LogP contribution in [-0.2, 0) is 11.0 Å². The average molecular weight is 324 g/mol. The number of aldehydes is 1. The summed E-state index contributed by atoms with van der Waals surface area (Å²) in [4.78, 5) is 26.9. The molecule has 3 rings (SSSR count). The molecular weight excluding hydrogens is 309 g/mol. The molecule has 122 valence electrons. The first-order chi connectivity index (χ1) is 10.9. The Hall–Kier alpha value is -2.31. The van der Waals surface area contributed by atoms with Crippen LogP contribution in [0.15, 0.2) is 29.1 Å². The normalized spacial score (nSPS) is 19.1. The summed E-state index contributed by atoms with van der Waals surface area (Å²) >= 11 is 0. The number of piperidine rings is 1. The number of H-pyrrole nitrogens is 1. The summed E-state index contributed by atoms with van der Waals surface area (Å²) in [7, 11) is 0. The highest BCUT2D eigenvalue weighted by Gasteiger charge is 2.33.